The Morgan fingerprint density at radius 1 is 0.872 bits per heavy atom. The summed E-state index contributed by atoms with van der Waals surface area (Å²) in [5.41, 5.74) is 3.35. The van der Waals surface area contributed by atoms with Crippen LogP contribution in [0, 0.1) is 13.8 Å². The number of nitrogens with one attached hydrogen (secondary N) is 1. The minimum atomic E-state index is -4.06. The molecule has 0 fully saturated rings. The minimum Gasteiger partial charge on any atom is -0.352 e. The highest BCUT2D eigenvalue weighted by atomic mass is 32.2. The van der Waals surface area contributed by atoms with Gasteiger partial charge >= 0.3 is 0 Å². The zero-order valence-corrected chi connectivity index (χ0v) is 24.2. The summed E-state index contributed by atoms with van der Waals surface area (Å²) in [6.45, 7) is 9.26. The second-order valence-electron chi connectivity index (χ2n) is 9.91. The van der Waals surface area contributed by atoms with Crippen molar-refractivity contribution in [1.29, 1.82) is 0 Å². The SMILES string of the molecule is CC[C@H](C)NC(=O)[C@H](C)N(CCc1ccccc1)C(=O)CN(c1ccc(C)c(C)c1)S(=O)(=O)c1ccccc1. The summed E-state index contributed by atoms with van der Waals surface area (Å²) in [5, 5.41) is 2.95. The Bertz CT molecular complexity index is 1360. The molecule has 3 rings (SSSR count). The van der Waals surface area contributed by atoms with Crippen molar-refractivity contribution < 1.29 is 18.0 Å². The number of aryl methyl sites for hydroxylation is 2. The maximum absolute atomic E-state index is 13.9. The third kappa shape index (κ3) is 7.69. The minimum absolute atomic E-state index is 0.0449. The number of hydrogen-bond acceptors (Lipinski definition) is 4. The van der Waals surface area contributed by atoms with Crippen LogP contribution >= 0.6 is 0 Å². The standard InChI is InChI=1S/C31H39N3O4S/c1-6-25(4)32-31(36)26(5)33(20-19-27-13-9-7-10-14-27)30(35)22-34(28-18-17-23(2)24(3)21-28)39(37,38)29-15-11-8-12-16-29/h7-18,21,25-26H,6,19-20,22H2,1-5H3,(H,32,36)/t25-,26-/m0/s1. The highest BCUT2D eigenvalue weighted by Gasteiger charge is 2.32. The molecule has 0 aliphatic rings. The summed E-state index contributed by atoms with van der Waals surface area (Å²) in [7, 11) is -4.06. The second-order valence-corrected chi connectivity index (χ2v) is 11.8. The fraction of sp³-hybridized carbons (Fsp3) is 0.355. The van der Waals surface area contributed by atoms with Crippen molar-refractivity contribution in [3.05, 3.63) is 95.6 Å². The predicted molar refractivity (Wildman–Crippen MR) is 156 cm³/mol. The summed E-state index contributed by atoms with van der Waals surface area (Å²) in [6.07, 6.45) is 1.29. The molecule has 0 aliphatic carbocycles. The molecular weight excluding hydrogens is 510 g/mol. The van der Waals surface area contributed by atoms with Crippen LogP contribution in [0.2, 0.25) is 0 Å². The van der Waals surface area contributed by atoms with E-state index < -0.39 is 28.5 Å². The molecule has 7 nitrogen and oxygen atoms in total. The molecular formula is C31H39N3O4S. The molecule has 39 heavy (non-hydrogen) atoms. The molecule has 0 spiro atoms. The normalized spacial score (nSPS) is 12.8. The molecule has 0 aliphatic heterocycles. The lowest BCUT2D eigenvalue weighted by Gasteiger charge is -2.32. The van der Waals surface area contributed by atoms with Crippen molar-refractivity contribution in [1.82, 2.24) is 10.2 Å². The Balaban J connectivity index is 1.98. The van der Waals surface area contributed by atoms with Gasteiger partial charge in [-0.25, -0.2) is 8.42 Å². The van der Waals surface area contributed by atoms with Gasteiger partial charge in [-0.15, -0.1) is 0 Å². The van der Waals surface area contributed by atoms with E-state index in [2.05, 4.69) is 5.32 Å². The van der Waals surface area contributed by atoms with Gasteiger partial charge in [-0.1, -0.05) is 61.5 Å². The Morgan fingerprint density at radius 2 is 1.49 bits per heavy atom. The van der Waals surface area contributed by atoms with E-state index in [9.17, 15) is 18.0 Å². The zero-order valence-electron chi connectivity index (χ0n) is 23.4. The summed E-state index contributed by atoms with van der Waals surface area (Å²) >= 11 is 0. The fourth-order valence-electron chi connectivity index (χ4n) is 4.16. The average molecular weight is 550 g/mol. The highest BCUT2D eigenvalue weighted by molar-refractivity contribution is 7.92. The average Bonchev–Trinajstić information content (AvgIpc) is 2.94. The molecule has 0 unspecified atom stereocenters. The smallest absolute Gasteiger partial charge is 0.264 e. The molecule has 208 valence electrons. The molecule has 2 atom stereocenters. The summed E-state index contributed by atoms with van der Waals surface area (Å²) in [5.74, 6) is -0.718. The van der Waals surface area contributed by atoms with E-state index in [1.54, 1.807) is 37.3 Å². The number of nitrogens with zero attached hydrogens (tertiary/aromatic N) is 2. The molecule has 0 radical (unpaired) electrons. The second kappa shape index (κ2) is 13.4. The monoisotopic (exact) mass is 549 g/mol. The van der Waals surface area contributed by atoms with E-state index in [0.29, 0.717) is 12.1 Å². The van der Waals surface area contributed by atoms with Crippen LogP contribution in [0.5, 0.6) is 0 Å². The first-order valence-corrected chi connectivity index (χ1v) is 14.8. The van der Waals surface area contributed by atoms with Crippen LogP contribution < -0.4 is 9.62 Å². The van der Waals surface area contributed by atoms with Crippen molar-refractivity contribution in [2.45, 2.75) is 64.4 Å². The molecule has 1 N–H and O–H groups in total. The Labute approximate surface area is 232 Å². The van der Waals surface area contributed by atoms with E-state index in [0.717, 1.165) is 27.4 Å². The number of anilines is 1. The van der Waals surface area contributed by atoms with Crippen LogP contribution in [0.4, 0.5) is 5.69 Å². The van der Waals surface area contributed by atoms with Crippen LogP contribution in [0.15, 0.2) is 83.8 Å². The molecule has 0 bridgehead atoms. The van der Waals surface area contributed by atoms with Gasteiger partial charge in [0.25, 0.3) is 10.0 Å². The number of carbonyl (C=O) groups is 2. The molecule has 0 saturated heterocycles. The molecule has 2 amide bonds. The maximum atomic E-state index is 13.9. The van der Waals surface area contributed by atoms with E-state index in [-0.39, 0.29) is 23.4 Å². The van der Waals surface area contributed by atoms with Crippen molar-refractivity contribution in [3.63, 3.8) is 0 Å². The molecule has 0 heterocycles. The van der Waals surface area contributed by atoms with Crippen molar-refractivity contribution in [2.24, 2.45) is 0 Å². The number of sulfonamides is 1. The Morgan fingerprint density at radius 3 is 2.08 bits per heavy atom. The largest absolute Gasteiger partial charge is 0.352 e. The Hall–Kier alpha value is -3.65. The van der Waals surface area contributed by atoms with Gasteiger partial charge in [0.1, 0.15) is 12.6 Å². The van der Waals surface area contributed by atoms with E-state index in [1.165, 1.54) is 17.0 Å². The lowest BCUT2D eigenvalue weighted by molar-refractivity contribution is -0.139. The molecule has 8 heteroatoms. The summed E-state index contributed by atoms with van der Waals surface area (Å²) in [4.78, 5) is 28.6. The lowest BCUT2D eigenvalue weighted by atomic mass is 10.1. The van der Waals surface area contributed by atoms with Crippen LogP contribution in [0.1, 0.15) is 43.9 Å². The third-order valence-electron chi connectivity index (χ3n) is 7.04. The van der Waals surface area contributed by atoms with Gasteiger partial charge in [0.2, 0.25) is 11.8 Å². The number of rotatable bonds is 12. The van der Waals surface area contributed by atoms with Gasteiger partial charge in [0, 0.05) is 12.6 Å². The van der Waals surface area contributed by atoms with Crippen LogP contribution in [0.3, 0.4) is 0 Å². The zero-order chi connectivity index (χ0) is 28.6. The first-order chi connectivity index (χ1) is 18.5. The van der Waals surface area contributed by atoms with Gasteiger partial charge in [0.05, 0.1) is 10.6 Å². The topological polar surface area (TPSA) is 86.8 Å². The molecule has 3 aromatic carbocycles. The number of carbonyl (C=O) groups excluding carboxylic acids is 2. The van der Waals surface area contributed by atoms with Crippen molar-refractivity contribution in [3.8, 4) is 0 Å². The first kappa shape index (κ1) is 29.9. The van der Waals surface area contributed by atoms with E-state index in [4.69, 9.17) is 0 Å². The maximum Gasteiger partial charge on any atom is 0.264 e. The molecule has 3 aromatic rings. The molecule has 0 saturated carbocycles. The predicted octanol–water partition coefficient (Wildman–Crippen LogP) is 4.87. The summed E-state index contributed by atoms with van der Waals surface area (Å²) in [6, 6.07) is 22.3. The van der Waals surface area contributed by atoms with Gasteiger partial charge in [-0.2, -0.15) is 0 Å². The van der Waals surface area contributed by atoms with Crippen molar-refractivity contribution >= 4 is 27.5 Å². The third-order valence-corrected chi connectivity index (χ3v) is 8.83. The first-order valence-electron chi connectivity index (χ1n) is 13.3. The van der Waals surface area contributed by atoms with Crippen LogP contribution in [-0.2, 0) is 26.0 Å². The molecule has 0 aromatic heterocycles. The lowest BCUT2D eigenvalue weighted by Crippen LogP contribution is -2.53. The van der Waals surface area contributed by atoms with Gasteiger partial charge in [-0.3, -0.25) is 13.9 Å². The number of amides is 2. The summed E-state index contributed by atoms with van der Waals surface area (Å²) < 4.78 is 28.8. The van der Waals surface area contributed by atoms with Crippen LogP contribution in [-0.4, -0.2) is 50.3 Å². The highest BCUT2D eigenvalue weighted by Crippen LogP contribution is 2.26. The van der Waals surface area contributed by atoms with E-state index >= 15 is 0 Å². The van der Waals surface area contributed by atoms with Crippen molar-refractivity contribution in [2.75, 3.05) is 17.4 Å². The number of hydrogen-bond donors (Lipinski definition) is 1. The number of benzene rings is 3. The van der Waals surface area contributed by atoms with Gasteiger partial charge in [-0.05, 0) is 81.5 Å². The Kier molecular flexibility index (Phi) is 10.3. The quantitative estimate of drug-likeness (QED) is 0.349. The van der Waals surface area contributed by atoms with Crippen LogP contribution in [0.25, 0.3) is 0 Å². The fourth-order valence-corrected chi connectivity index (χ4v) is 5.59. The van der Waals surface area contributed by atoms with E-state index in [1.807, 2.05) is 64.1 Å². The van der Waals surface area contributed by atoms with Gasteiger partial charge in [0.15, 0.2) is 0 Å². The van der Waals surface area contributed by atoms with Gasteiger partial charge < -0.3 is 10.2 Å².